The smallest absolute Gasteiger partial charge is 0.0503 e. The second kappa shape index (κ2) is 7.28. The molecule has 112 valence electrons. The van der Waals surface area contributed by atoms with Gasteiger partial charge < -0.3 is 10.1 Å². The first kappa shape index (κ1) is 15.6. The van der Waals surface area contributed by atoms with Crippen LogP contribution in [0.5, 0.6) is 0 Å². The molecule has 1 atom stereocenters. The van der Waals surface area contributed by atoms with Gasteiger partial charge in [-0.2, -0.15) is 0 Å². The molecule has 1 N–H and O–H groups in total. The predicted molar refractivity (Wildman–Crippen MR) is 90.0 cm³/mol. The van der Waals surface area contributed by atoms with Crippen molar-refractivity contribution in [2.45, 2.75) is 33.2 Å². The van der Waals surface area contributed by atoms with Crippen molar-refractivity contribution in [1.82, 2.24) is 0 Å². The maximum absolute atomic E-state index is 5.19. The molecule has 0 amide bonds. The van der Waals surface area contributed by atoms with Crippen LogP contribution in [0.2, 0.25) is 0 Å². The van der Waals surface area contributed by atoms with Crippen molar-refractivity contribution >= 4 is 5.69 Å². The Labute approximate surface area is 128 Å². The summed E-state index contributed by atoms with van der Waals surface area (Å²) in [5.74, 6) is 0. The van der Waals surface area contributed by atoms with Crippen molar-refractivity contribution in [3.63, 3.8) is 0 Å². The molecule has 2 nitrogen and oxygen atoms in total. The highest BCUT2D eigenvalue weighted by Crippen LogP contribution is 2.25. The summed E-state index contributed by atoms with van der Waals surface area (Å²) in [6.07, 6.45) is 0.930. The maximum Gasteiger partial charge on any atom is 0.0503 e. The van der Waals surface area contributed by atoms with Crippen molar-refractivity contribution in [2.75, 3.05) is 19.0 Å². The summed E-state index contributed by atoms with van der Waals surface area (Å²) in [6.45, 7) is 7.27. The number of hydrogen-bond donors (Lipinski definition) is 1. The lowest BCUT2D eigenvalue weighted by atomic mass is 9.99. The highest BCUT2D eigenvalue weighted by atomic mass is 16.5. The standard InChI is InChI=1S/C19H25NO/c1-14-9-10-18(15(2)13-14)16(3)20-19-8-6-5-7-17(19)11-12-21-4/h5-10,13,16,20H,11-12H2,1-4H3. The first-order chi connectivity index (χ1) is 10.1. The second-order valence-corrected chi connectivity index (χ2v) is 5.63. The topological polar surface area (TPSA) is 21.3 Å². The summed E-state index contributed by atoms with van der Waals surface area (Å²) in [5, 5.41) is 3.64. The summed E-state index contributed by atoms with van der Waals surface area (Å²) in [5.41, 5.74) is 6.49. The van der Waals surface area contributed by atoms with Crippen LogP contribution < -0.4 is 5.32 Å². The van der Waals surface area contributed by atoms with E-state index in [0.717, 1.165) is 13.0 Å². The zero-order chi connectivity index (χ0) is 15.2. The van der Waals surface area contributed by atoms with Gasteiger partial charge in [0.25, 0.3) is 0 Å². The third-order valence-electron chi connectivity index (χ3n) is 3.86. The Balaban J connectivity index is 2.17. The highest BCUT2D eigenvalue weighted by Gasteiger charge is 2.10. The lowest BCUT2D eigenvalue weighted by Crippen LogP contribution is -2.10. The third kappa shape index (κ3) is 4.08. The average molecular weight is 283 g/mol. The molecule has 21 heavy (non-hydrogen) atoms. The minimum absolute atomic E-state index is 0.286. The molecule has 0 fully saturated rings. The van der Waals surface area contributed by atoms with E-state index < -0.39 is 0 Å². The molecule has 0 spiro atoms. The van der Waals surface area contributed by atoms with Gasteiger partial charge in [0.2, 0.25) is 0 Å². The van der Waals surface area contributed by atoms with Crippen molar-refractivity contribution in [2.24, 2.45) is 0 Å². The fourth-order valence-electron chi connectivity index (χ4n) is 2.71. The van der Waals surface area contributed by atoms with Gasteiger partial charge in [-0.25, -0.2) is 0 Å². The molecule has 1 unspecified atom stereocenters. The van der Waals surface area contributed by atoms with E-state index in [2.05, 4.69) is 68.6 Å². The molecule has 0 saturated carbocycles. The lowest BCUT2D eigenvalue weighted by Gasteiger charge is -2.20. The van der Waals surface area contributed by atoms with Crippen LogP contribution in [-0.2, 0) is 11.2 Å². The average Bonchev–Trinajstić information content (AvgIpc) is 2.46. The number of rotatable bonds is 6. The molecule has 0 aliphatic rings. The van der Waals surface area contributed by atoms with E-state index in [1.54, 1.807) is 7.11 Å². The summed E-state index contributed by atoms with van der Waals surface area (Å²) >= 11 is 0. The molecule has 0 radical (unpaired) electrons. The Kier molecular flexibility index (Phi) is 5.40. The number of ether oxygens (including phenoxy) is 1. The summed E-state index contributed by atoms with van der Waals surface area (Å²) in [7, 11) is 1.74. The summed E-state index contributed by atoms with van der Waals surface area (Å²) in [4.78, 5) is 0. The quantitative estimate of drug-likeness (QED) is 0.832. The summed E-state index contributed by atoms with van der Waals surface area (Å²) < 4.78 is 5.19. The number of methoxy groups -OCH3 is 1. The molecule has 0 bridgehead atoms. The Morgan fingerprint density at radius 3 is 2.57 bits per heavy atom. The fourth-order valence-corrected chi connectivity index (χ4v) is 2.71. The first-order valence-electron chi connectivity index (χ1n) is 7.52. The number of aryl methyl sites for hydroxylation is 2. The van der Waals surface area contributed by atoms with Gasteiger partial charge in [0.1, 0.15) is 0 Å². The Morgan fingerprint density at radius 2 is 1.86 bits per heavy atom. The number of anilines is 1. The second-order valence-electron chi connectivity index (χ2n) is 5.63. The minimum atomic E-state index is 0.286. The number of benzene rings is 2. The largest absolute Gasteiger partial charge is 0.384 e. The normalized spacial score (nSPS) is 12.2. The minimum Gasteiger partial charge on any atom is -0.384 e. The van der Waals surface area contributed by atoms with E-state index in [0.29, 0.717) is 0 Å². The van der Waals surface area contributed by atoms with E-state index in [1.807, 2.05) is 0 Å². The van der Waals surface area contributed by atoms with Crippen LogP contribution in [0.25, 0.3) is 0 Å². The van der Waals surface area contributed by atoms with Crippen LogP contribution in [0.4, 0.5) is 5.69 Å². The first-order valence-corrected chi connectivity index (χ1v) is 7.52. The van der Waals surface area contributed by atoms with Gasteiger partial charge in [0, 0.05) is 18.8 Å². The number of nitrogens with one attached hydrogen (secondary N) is 1. The monoisotopic (exact) mass is 283 g/mol. The Hall–Kier alpha value is -1.80. The van der Waals surface area contributed by atoms with E-state index in [-0.39, 0.29) is 6.04 Å². The Bertz CT molecular complexity index is 592. The van der Waals surface area contributed by atoms with Crippen LogP contribution >= 0.6 is 0 Å². The van der Waals surface area contributed by atoms with Gasteiger partial charge in [-0.05, 0) is 49.9 Å². The van der Waals surface area contributed by atoms with E-state index in [4.69, 9.17) is 4.74 Å². The third-order valence-corrected chi connectivity index (χ3v) is 3.86. The molecule has 0 aliphatic heterocycles. The molecular formula is C19H25NO. The van der Waals surface area contributed by atoms with Gasteiger partial charge in [0.05, 0.1) is 6.61 Å². The predicted octanol–water partition coefficient (Wildman–Crippen LogP) is 4.67. The molecule has 0 heterocycles. The molecule has 2 rings (SSSR count). The van der Waals surface area contributed by atoms with Gasteiger partial charge in [0.15, 0.2) is 0 Å². The van der Waals surface area contributed by atoms with Crippen LogP contribution in [0.1, 0.15) is 35.2 Å². The molecule has 2 aromatic carbocycles. The van der Waals surface area contributed by atoms with Crippen molar-refractivity contribution in [1.29, 1.82) is 0 Å². The zero-order valence-corrected chi connectivity index (χ0v) is 13.4. The van der Waals surface area contributed by atoms with Gasteiger partial charge >= 0.3 is 0 Å². The SMILES string of the molecule is COCCc1ccccc1NC(C)c1ccc(C)cc1C. The molecule has 0 aromatic heterocycles. The van der Waals surface area contributed by atoms with E-state index in [9.17, 15) is 0 Å². The number of hydrogen-bond acceptors (Lipinski definition) is 2. The van der Waals surface area contributed by atoms with Crippen molar-refractivity contribution in [3.05, 3.63) is 64.7 Å². The van der Waals surface area contributed by atoms with Crippen LogP contribution in [0.3, 0.4) is 0 Å². The van der Waals surface area contributed by atoms with Gasteiger partial charge in [-0.3, -0.25) is 0 Å². The van der Waals surface area contributed by atoms with Gasteiger partial charge in [-0.1, -0.05) is 42.0 Å². The maximum atomic E-state index is 5.19. The highest BCUT2D eigenvalue weighted by molar-refractivity contribution is 5.53. The molecule has 2 heteroatoms. The van der Waals surface area contributed by atoms with Crippen LogP contribution in [0, 0.1) is 13.8 Å². The van der Waals surface area contributed by atoms with E-state index >= 15 is 0 Å². The lowest BCUT2D eigenvalue weighted by molar-refractivity contribution is 0.202. The molecule has 2 aromatic rings. The molecule has 0 saturated heterocycles. The van der Waals surface area contributed by atoms with Crippen LogP contribution in [0.15, 0.2) is 42.5 Å². The molecule has 0 aliphatic carbocycles. The Morgan fingerprint density at radius 1 is 1.10 bits per heavy atom. The van der Waals surface area contributed by atoms with Gasteiger partial charge in [-0.15, -0.1) is 0 Å². The van der Waals surface area contributed by atoms with E-state index in [1.165, 1.54) is 27.9 Å². The fraction of sp³-hybridized carbons (Fsp3) is 0.368. The van der Waals surface area contributed by atoms with Crippen molar-refractivity contribution < 1.29 is 4.74 Å². The van der Waals surface area contributed by atoms with Crippen LogP contribution in [-0.4, -0.2) is 13.7 Å². The van der Waals surface area contributed by atoms with Crippen molar-refractivity contribution in [3.8, 4) is 0 Å². The summed E-state index contributed by atoms with van der Waals surface area (Å²) in [6, 6.07) is 15.4. The molecular weight excluding hydrogens is 258 g/mol. The number of para-hydroxylation sites is 1. The zero-order valence-electron chi connectivity index (χ0n) is 13.4.